The van der Waals surface area contributed by atoms with E-state index in [9.17, 15) is 0 Å². The van der Waals surface area contributed by atoms with Gasteiger partial charge in [-0.2, -0.15) is 0 Å². The molecule has 0 aromatic heterocycles. The molecule has 19 heavy (non-hydrogen) atoms. The molecule has 0 bridgehead atoms. The maximum atomic E-state index is 5.96. The van der Waals surface area contributed by atoms with Gasteiger partial charge in [0.05, 0.1) is 6.61 Å². The first-order chi connectivity index (χ1) is 9.15. The first kappa shape index (κ1) is 12.7. The van der Waals surface area contributed by atoms with Crippen molar-refractivity contribution in [3.63, 3.8) is 0 Å². The van der Waals surface area contributed by atoms with Crippen molar-refractivity contribution in [2.75, 3.05) is 6.61 Å². The van der Waals surface area contributed by atoms with E-state index < -0.39 is 0 Å². The second kappa shape index (κ2) is 5.01. The molecule has 2 aromatic rings. The number of hydrogen-bond acceptors (Lipinski definition) is 1. The highest BCUT2D eigenvalue weighted by atomic mass is 79.9. The molecule has 1 aliphatic carbocycles. The van der Waals surface area contributed by atoms with E-state index in [2.05, 4.69) is 66.2 Å². The van der Waals surface area contributed by atoms with Crippen LogP contribution < -0.4 is 4.74 Å². The summed E-state index contributed by atoms with van der Waals surface area (Å²) in [6.45, 7) is 4.97. The Morgan fingerprint density at radius 1 is 1.16 bits per heavy atom. The molecule has 1 unspecified atom stereocenters. The van der Waals surface area contributed by atoms with Gasteiger partial charge < -0.3 is 4.74 Å². The van der Waals surface area contributed by atoms with Crippen LogP contribution in [0.3, 0.4) is 0 Å². The van der Waals surface area contributed by atoms with E-state index >= 15 is 0 Å². The number of fused-ring (bicyclic) bond motifs is 1. The van der Waals surface area contributed by atoms with Crippen LogP contribution in [0.4, 0.5) is 0 Å². The Morgan fingerprint density at radius 3 is 2.53 bits per heavy atom. The minimum Gasteiger partial charge on any atom is -0.493 e. The Kier molecular flexibility index (Phi) is 3.36. The largest absolute Gasteiger partial charge is 0.493 e. The lowest BCUT2D eigenvalue weighted by molar-refractivity contribution is 0.275. The van der Waals surface area contributed by atoms with Gasteiger partial charge in [0.2, 0.25) is 0 Å². The van der Waals surface area contributed by atoms with Gasteiger partial charge >= 0.3 is 0 Å². The van der Waals surface area contributed by atoms with Crippen LogP contribution >= 0.6 is 15.9 Å². The summed E-state index contributed by atoms with van der Waals surface area (Å²) in [5.74, 6) is 1.53. The Bertz CT molecular complexity index is 595. The summed E-state index contributed by atoms with van der Waals surface area (Å²) >= 11 is 3.58. The lowest BCUT2D eigenvalue weighted by Gasteiger charge is -2.30. The Balaban J connectivity index is 1.68. The van der Waals surface area contributed by atoms with Crippen LogP contribution in [0.25, 0.3) is 0 Å². The molecule has 1 aliphatic rings. The standard InChI is InChI=1S/C17H17BrO/c1-11-7-15(8-12(2)17(11)18)19-10-14-9-13-5-3-4-6-16(13)14/h3-8,14H,9-10H2,1-2H3. The first-order valence-corrected chi connectivity index (χ1v) is 7.42. The van der Waals surface area contributed by atoms with E-state index in [4.69, 9.17) is 4.74 Å². The number of hydrogen-bond donors (Lipinski definition) is 0. The van der Waals surface area contributed by atoms with Crippen molar-refractivity contribution in [1.29, 1.82) is 0 Å². The average molecular weight is 317 g/mol. The van der Waals surface area contributed by atoms with Crippen LogP contribution in [-0.4, -0.2) is 6.61 Å². The third kappa shape index (κ3) is 2.42. The van der Waals surface area contributed by atoms with E-state index in [1.807, 2.05) is 0 Å². The molecule has 98 valence electrons. The molecule has 0 amide bonds. The highest BCUT2D eigenvalue weighted by molar-refractivity contribution is 9.10. The van der Waals surface area contributed by atoms with E-state index in [1.165, 1.54) is 26.7 Å². The molecule has 1 nitrogen and oxygen atoms in total. The molecule has 0 fully saturated rings. The van der Waals surface area contributed by atoms with Crippen LogP contribution in [0.5, 0.6) is 5.75 Å². The quantitative estimate of drug-likeness (QED) is 0.791. The fraction of sp³-hybridized carbons (Fsp3) is 0.294. The molecule has 3 rings (SSSR count). The molecule has 1 atom stereocenters. The lowest BCUT2D eigenvalue weighted by Crippen LogP contribution is -2.23. The van der Waals surface area contributed by atoms with Crippen molar-refractivity contribution in [2.45, 2.75) is 26.2 Å². The molecule has 0 aliphatic heterocycles. The number of rotatable bonds is 3. The molecule has 0 saturated heterocycles. The Morgan fingerprint density at radius 2 is 1.84 bits per heavy atom. The molecule has 2 heteroatoms. The first-order valence-electron chi connectivity index (χ1n) is 6.62. The molecule has 2 aromatic carbocycles. The number of ether oxygens (including phenoxy) is 1. The molecule has 0 spiro atoms. The second-order valence-electron chi connectivity index (χ2n) is 5.28. The number of benzene rings is 2. The smallest absolute Gasteiger partial charge is 0.119 e. The van der Waals surface area contributed by atoms with Gasteiger partial charge in [-0.1, -0.05) is 40.2 Å². The summed E-state index contributed by atoms with van der Waals surface area (Å²) in [5.41, 5.74) is 5.38. The fourth-order valence-corrected chi connectivity index (χ4v) is 2.93. The highest BCUT2D eigenvalue weighted by Gasteiger charge is 2.25. The topological polar surface area (TPSA) is 9.23 Å². The Hall–Kier alpha value is -1.28. The zero-order valence-corrected chi connectivity index (χ0v) is 12.8. The van der Waals surface area contributed by atoms with Crippen LogP contribution in [-0.2, 0) is 6.42 Å². The molecule has 0 N–H and O–H groups in total. The molecule has 0 heterocycles. The zero-order valence-electron chi connectivity index (χ0n) is 11.2. The fourth-order valence-electron chi connectivity index (χ4n) is 2.70. The van der Waals surface area contributed by atoms with Crippen molar-refractivity contribution in [2.24, 2.45) is 0 Å². The Labute approximate surface area is 122 Å². The molecule has 0 saturated carbocycles. The van der Waals surface area contributed by atoms with Gasteiger partial charge in [0.25, 0.3) is 0 Å². The van der Waals surface area contributed by atoms with Gasteiger partial charge in [-0.05, 0) is 54.7 Å². The maximum Gasteiger partial charge on any atom is 0.119 e. The predicted molar refractivity (Wildman–Crippen MR) is 82.0 cm³/mol. The zero-order chi connectivity index (χ0) is 13.4. The van der Waals surface area contributed by atoms with Gasteiger partial charge in [0.1, 0.15) is 5.75 Å². The van der Waals surface area contributed by atoms with Crippen molar-refractivity contribution in [3.8, 4) is 5.75 Å². The van der Waals surface area contributed by atoms with Crippen molar-refractivity contribution >= 4 is 15.9 Å². The molecular weight excluding hydrogens is 300 g/mol. The van der Waals surface area contributed by atoms with Gasteiger partial charge in [-0.25, -0.2) is 0 Å². The van der Waals surface area contributed by atoms with Crippen molar-refractivity contribution in [1.82, 2.24) is 0 Å². The maximum absolute atomic E-state index is 5.96. The minimum atomic E-state index is 0.556. The third-order valence-corrected chi connectivity index (χ3v) is 5.07. The minimum absolute atomic E-state index is 0.556. The summed E-state index contributed by atoms with van der Waals surface area (Å²) in [4.78, 5) is 0. The molecular formula is C17H17BrO. The van der Waals surface area contributed by atoms with E-state index in [0.717, 1.165) is 18.8 Å². The predicted octanol–water partition coefficient (Wildman–Crippen LogP) is 4.78. The number of halogens is 1. The van der Waals surface area contributed by atoms with Crippen LogP contribution in [0, 0.1) is 13.8 Å². The summed E-state index contributed by atoms with van der Waals surface area (Å²) in [7, 11) is 0. The summed E-state index contributed by atoms with van der Waals surface area (Å²) in [5, 5.41) is 0. The SMILES string of the molecule is Cc1cc(OCC2Cc3ccccc32)cc(C)c1Br. The highest BCUT2D eigenvalue weighted by Crippen LogP contribution is 2.35. The summed E-state index contributed by atoms with van der Waals surface area (Å²) < 4.78 is 7.14. The normalized spacial score (nSPS) is 16.7. The monoisotopic (exact) mass is 316 g/mol. The van der Waals surface area contributed by atoms with Crippen molar-refractivity contribution in [3.05, 3.63) is 63.1 Å². The molecule has 0 radical (unpaired) electrons. The lowest BCUT2D eigenvalue weighted by atomic mass is 9.78. The summed E-state index contributed by atoms with van der Waals surface area (Å²) in [6, 6.07) is 12.8. The van der Waals surface area contributed by atoms with Crippen LogP contribution in [0.2, 0.25) is 0 Å². The van der Waals surface area contributed by atoms with E-state index in [1.54, 1.807) is 0 Å². The average Bonchev–Trinajstić information content (AvgIpc) is 2.37. The van der Waals surface area contributed by atoms with Gasteiger partial charge in [0, 0.05) is 10.4 Å². The third-order valence-electron chi connectivity index (χ3n) is 3.82. The van der Waals surface area contributed by atoms with Crippen LogP contribution in [0.15, 0.2) is 40.9 Å². The number of aryl methyl sites for hydroxylation is 2. The van der Waals surface area contributed by atoms with Gasteiger partial charge in [0.15, 0.2) is 0 Å². The van der Waals surface area contributed by atoms with Gasteiger partial charge in [-0.3, -0.25) is 0 Å². The van der Waals surface area contributed by atoms with Crippen molar-refractivity contribution < 1.29 is 4.74 Å². The summed E-state index contributed by atoms with van der Waals surface area (Å²) in [6.07, 6.45) is 1.14. The van der Waals surface area contributed by atoms with E-state index in [0.29, 0.717) is 5.92 Å². The van der Waals surface area contributed by atoms with Crippen LogP contribution in [0.1, 0.15) is 28.2 Å². The van der Waals surface area contributed by atoms with E-state index in [-0.39, 0.29) is 0 Å². The second-order valence-corrected chi connectivity index (χ2v) is 6.07. The van der Waals surface area contributed by atoms with Gasteiger partial charge in [-0.15, -0.1) is 0 Å².